The molecule has 2 heterocycles. The summed E-state index contributed by atoms with van der Waals surface area (Å²) >= 11 is 0.802. The van der Waals surface area contributed by atoms with Crippen molar-refractivity contribution in [3.63, 3.8) is 0 Å². The van der Waals surface area contributed by atoms with Crippen LogP contribution in [0.5, 0.6) is 10.9 Å². The van der Waals surface area contributed by atoms with Gasteiger partial charge in [0, 0.05) is 6.20 Å². The zero-order valence-corrected chi connectivity index (χ0v) is 15.5. The van der Waals surface area contributed by atoms with Crippen molar-refractivity contribution >= 4 is 27.9 Å². The van der Waals surface area contributed by atoms with Gasteiger partial charge in [0.1, 0.15) is 17.8 Å². The van der Waals surface area contributed by atoms with Crippen LogP contribution in [0.4, 0.5) is 24.0 Å². The Morgan fingerprint density at radius 2 is 1.97 bits per heavy atom. The first-order valence-electron chi connectivity index (χ1n) is 7.94. The molecule has 1 aromatic carbocycles. The second-order valence-electron chi connectivity index (χ2n) is 5.58. The molecule has 3 rings (SSSR count). The Morgan fingerprint density at radius 3 is 2.59 bits per heavy atom. The topological polar surface area (TPSA) is 103 Å². The monoisotopic (exact) mass is 423 g/mol. The minimum atomic E-state index is -4.47. The summed E-state index contributed by atoms with van der Waals surface area (Å²) in [7, 11) is 0. The summed E-state index contributed by atoms with van der Waals surface area (Å²) in [6.45, 7) is 1.67. The molecule has 0 saturated carbocycles. The van der Waals surface area contributed by atoms with Crippen LogP contribution in [0.25, 0.3) is 0 Å². The number of pyridine rings is 1. The molecule has 0 bridgehead atoms. The van der Waals surface area contributed by atoms with Gasteiger partial charge in [-0.05, 0) is 60.2 Å². The second-order valence-corrected chi connectivity index (χ2v) is 6.56. The van der Waals surface area contributed by atoms with Gasteiger partial charge in [-0.15, -0.1) is 0 Å². The summed E-state index contributed by atoms with van der Waals surface area (Å²) in [6, 6.07) is 8.32. The van der Waals surface area contributed by atoms with Crippen LogP contribution in [0.2, 0.25) is 0 Å². The average molecular weight is 423 g/mol. The van der Waals surface area contributed by atoms with E-state index in [-0.39, 0.29) is 16.0 Å². The minimum Gasteiger partial charge on any atom is -0.431 e. The van der Waals surface area contributed by atoms with E-state index in [9.17, 15) is 23.3 Å². The van der Waals surface area contributed by atoms with Gasteiger partial charge in [-0.1, -0.05) is 0 Å². The molecule has 29 heavy (non-hydrogen) atoms. The van der Waals surface area contributed by atoms with Gasteiger partial charge in [0.15, 0.2) is 0 Å². The number of alkyl halides is 3. The largest absolute Gasteiger partial charge is 0.431 e. The summed E-state index contributed by atoms with van der Waals surface area (Å²) in [6.07, 6.45) is -2.31. The van der Waals surface area contributed by atoms with Crippen molar-refractivity contribution in [2.75, 3.05) is 5.43 Å². The molecule has 0 spiro atoms. The number of ether oxygens (including phenoxy) is 1. The third-order valence-corrected chi connectivity index (χ3v) is 4.38. The van der Waals surface area contributed by atoms with Crippen molar-refractivity contribution in [2.24, 2.45) is 5.10 Å². The van der Waals surface area contributed by atoms with Crippen LogP contribution in [0.1, 0.15) is 18.1 Å². The molecule has 8 nitrogen and oxygen atoms in total. The fourth-order valence-corrected chi connectivity index (χ4v) is 2.72. The normalized spacial score (nSPS) is 11.9. The predicted octanol–water partition coefficient (Wildman–Crippen LogP) is 5.09. The number of hydrogen-bond acceptors (Lipinski definition) is 8. The summed E-state index contributed by atoms with van der Waals surface area (Å²) in [5, 5.41) is 14.7. The molecule has 0 radical (unpaired) electrons. The van der Waals surface area contributed by atoms with E-state index < -0.39 is 16.7 Å². The molecule has 0 aliphatic heterocycles. The summed E-state index contributed by atoms with van der Waals surface area (Å²) in [5.41, 5.74) is 2.85. The number of benzene rings is 1. The smallest absolute Gasteiger partial charge is 0.416 e. The molecule has 2 aromatic heterocycles. The first-order valence-corrected chi connectivity index (χ1v) is 8.76. The standard InChI is InChI=1S/C17H12F3N5O3S/c1-10(23-24-14-8-12(6-7-21-14)17(18,19)20)11-2-4-13(5-3-11)28-16-22-9-15(29-16)25(26)27/h2-9H,1H3,(H,21,24)/b23-10+. The fourth-order valence-electron chi connectivity index (χ4n) is 2.12. The molecule has 0 saturated heterocycles. The highest BCUT2D eigenvalue weighted by atomic mass is 32.1. The SMILES string of the molecule is C/C(=N\Nc1cc(C(F)(F)F)ccn1)c1ccc(Oc2ncc([N+](=O)[O-])s2)cc1. The van der Waals surface area contributed by atoms with Gasteiger partial charge in [0.05, 0.1) is 16.2 Å². The van der Waals surface area contributed by atoms with E-state index >= 15 is 0 Å². The molecular formula is C17H12F3N5O3S. The molecule has 150 valence electrons. The number of anilines is 1. The number of hydrogen-bond donors (Lipinski definition) is 1. The molecule has 0 amide bonds. The van der Waals surface area contributed by atoms with Crippen molar-refractivity contribution in [1.29, 1.82) is 0 Å². The van der Waals surface area contributed by atoms with Crippen LogP contribution in [0.3, 0.4) is 0 Å². The first kappa shape index (κ1) is 20.2. The van der Waals surface area contributed by atoms with Gasteiger partial charge in [-0.2, -0.15) is 18.3 Å². The number of thiazole rings is 1. The molecule has 3 aromatic rings. The maximum Gasteiger partial charge on any atom is 0.416 e. The second kappa shape index (κ2) is 8.22. The lowest BCUT2D eigenvalue weighted by atomic mass is 10.1. The van der Waals surface area contributed by atoms with E-state index in [2.05, 4.69) is 20.5 Å². The van der Waals surface area contributed by atoms with Crippen molar-refractivity contribution in [3.8, 4) is 10.9 Å². The summed E-state index contributed by atoms with van der Waals surface area (Å²) in [5.74, 6) is 0.378. The Balaban J connectivity index is 1.66. The zero-order valence-electron chi connectivity index (χ0n) is 14.7. The highest BCUT2D eigenvalue weighted by molar-refractivity contribution is 7.16. The Kier molecular flexibility index (Phi) is 5.73. The van der Waals surface area contributed by atoms with Crippen molar-refractivity contribution in [3.05, 3.63) is 70.0 Å². The Morgan fingerprint density at radius 1 is 1.24 bits per heavy atom. The van der Waals surface area contributed by atoms with Gasteiger partial charge < -0.3 is 4.74 Å². The number of nitrogens with zero attached hydrogens (tertiary/aromatic N) is 4. The number of hydrazone groups is 1. The van der Waals surface area contributed by atoms with Crippen molar-refractivity contribution in [1.82, 2.24) is 9.97 Å². The maximum absolute atomic E-state index is 12.7. The van der Waals surface area contributed by atoms with Crippen molar-refractivity contribution < 1.29 is 22.8 Å². The maximum atomic E-state index is 12.7. The molecule has 0 aliphatic rings. The van der Waals surface area contributed by atoms with E-state index in [1.165, 1.54) is 0 Å². The van der Waals surface area contributed by atoms with Crippen LogP contribution in [0, 0.1) is 10.1 Å². The third-order valence-electron chi connectivity index (χ3n) is 3.55. The average Bonchev–Trinajstić information content (AvgIpc) is 3.15. The van der Waals surface area contributed by atoms with Crippen LogP contribution in [-0.4, -0.2) is 20.6 Å². The first-order chi connectivity index (χ1) is 13.7. The van der Waals surface area contributed by atoms with E-state index in [4.69, 9.17) is 4.74 Å². The number of aromatic nitrogens is 2. The van der Waals surface area contributed by atoms with E-state index in [0.29, 0.717) is 17.0 Å². The van der Waals surface area contributed by atoms with E-state index in [1.807, 2.05) is 0 Å². The van der Waals surface area contributed by atoms with E-state index in [1.54, 1.807) is 31.2 Å². The highest BCUT2D eigenvalue weighted by Gasteiger charge is 2.30. The number of halogens is 3. The summed E-state index contributed by atoms with van der Waals surface area (Å²) < 4.78 is 43.6. The van der Waals surface area contributed by atoms with Gasteiger partial charge >= 0.3 is 11.2 Å². The van der Waals surface area contributed by atoms with Crippen molar-refractivity contribution in [2.45, 2.75) is 13.1 Å². The van der Waals surface area contributed by atoms with Gasteiger partial charge in [0.2, 0.25) is 0 Å². The van der Waals surface area contributed by atoms with Crippen LogP contribution < -0.4 is 10.2 Å². The van der Waals surface area contributed by atoms with Crippen LogP contribution in [-0.2, 0) is 6.18 Å². The fraction of sp³-hybridized carbons (Fsp3) is 0.118. The molecule has 0 unspecified atom stereocenters. The molecule has 1 N–H and O–H groups in total. The Hall–Kier alpha value is -3.54. The Bertz CT molecular complexity index is 1050. The van der Waals surface area contributed by atoms with Gasteiger partial charge in [0.25, 0.3) is 5.19 Å². The molecule has 12 heteroatoms. The van der Waals surface area contributed by atoms with Crippen LogP contribution in [0.15, 0.2) is 53.9 Å². The lowest BCUT2D eigenvalue weighted by Gasteiger charge is -2.08. The minimum absolute atomic E-state index is 0.0375. The lowest BCUT2D eigenvalue weighted by molar-refractivity contribution is -0.380. The van der Waals surface area contributed by atoms with E-state index in [0.717, 1.165) is 35.9 Å². The zero-order chi connectivity index (χ0) is 21.0. The van der Waals surface area contributed by atoms with Crippen LogP contribution >= 0.6 is 11.3 Å². The molecule has 0 fully saturated rings. The summed E-state index contributed by atoms with van der Waals surface area (Å²) in [4.78, 5) is 17.7. The quantitative estimate of drug-likeness (QED) is 0.336. The van der Waals surface area contributed by atoms with Gasteiger partial charge in [-0.25, -0.2) is 9.97 Å². The predicted molar refractivity (Wildman–Crippen MR) is 100 cm³/mol. The lowest BCUT2D eigenvalue weighted by Crippen LogP contribution is -2.06. The number of rotatable bonds is 6. The molecular weight excluding hydrogens is 411 g/mol. The van der Waals surface area contributed by atoms with Gasteiger partial charge in [-0.3, -0.25) is 15.5 Å². The number of nitro groups is 1. The molecule has 0 aliphatic carbocycles. The molecule has 0 atom stereocenters. The highest BCUT2D eigenvalue weighted by Crippen LogP contribution is 2.31. The number of nitrogens with one attached hydrogen (secondary N) is 1. The Labute approximate surface area is 165 Å². The third kappa shape index (κ3) is 5.25.